The van der Waals surface area contributed by atoms with Gasteiger partial charge in [0.1, 0.15) is 12.4 Å². The van der Waals surface area contributed by atoms with Crippen LogP contribution in [0.25, 0.3) is 0 Å². The zero-order valence-corrected chi connectivity index (χ0v) is 13.6. The molecule has 1 unspecified atom stereocenters. The number of likely N-dealkylation sites (N-methyl/N-ethyl adjacent to an activating group) is 1. The van der Waals surface area contributed by atoms with Crippen molar-refractivity contribution in [3.05, 3.63) is 64.2 Å². The van der Waals surface area contributed by atoms with Crippen LogP contribution in [0.15, 0.2) is 42.5 Å². The lowest BCUT2D eigenvalue weighted by molar-refractivity contribution is 0.306. The first-order valence-electron chi connectivity index (χ1n) is 7.22. The maximum Gasteiger partial charge on any atom is 0.119 e. The quantitative estimate of drug-likeness (QED) is 0.855. The summed E-state index contributed by atoms with van der Waals surface area (Å²) in [5.41, 5.74) is 3.47. The lowest BCUT2D eigenvalue weighted by Crippen LogP contribution is -2.23. The summed E-state index contributed by atoms with van der Waals surface area (Å²) in [7, 11) is 1.98. The number of hydrogen-bond donors (Lipinski definition) is 1. The van der Waals surface area contributed by atoms with Crippen LogP contribution in [0, 0.1) is 6.92 Å². The summed E-state index contributed by atoms with van der Waals surface area (Å²) in [5, 5.41) is 4.00. The molecule has 0 bridgehead atoms. The SMILES string of the molecule is CNC(C)Cc1ccc(OCc2ccc(C)cc2Cl)cc1. The van der Waals surface area contributed by atoms with Crippen molar-refractivity contribution in [1.29, 1.82) is 0 Å². The molecular weight excluding hydrogens is 282 g/mol. The molecule has 0 aliphatic heterocycles. The highest BCUT2D eigenvalue weighted by Crippen LogP contribution is 2.20. The topological polar surface area (TPSA) is 21.3 Å². The Hall–Kier alpha value is -1.51. The fourth-order valence-electron chi connectivity index (χ4n) is 2.11. The number of rotatable bonds is 6. The zero-order valence-electron chi connectivity index (χ0n) is 12.8. The number of benzene rings is 2. The molecule has 21 heavy (non-hydrogen) atoms. The average molecular weight is 304 g/mol. The number of ether oxygens (including phenoxy) is 1. The van der Waals surface area contributed by atoms with E-state index in [1.807, 2.05) is 44.3 Å². The molecular formula is C18H22ClNO. The van der Waals surface area contributed by atoms with Crippen molar-refractivity contribution in [3.8, 4) is 5.75 Å². The number of hydrogen-bond acceptors (Lipinski definition) is 2. The van der Waals surface area contributed by atoms with E-state index in [1.54, 1.807) is 0 Å². The smallest absolute Gasteiger partial charge is 0.119 e. The summed E-state index contributed by atoms with van der Waals surface area (Å²) in [6, 6.07) is 14.7. The predicted octanol–water partition coefficient (Wildman–Crippen LogP) is 4.38. The fraction of sp³-hybridized carbons (Fsp3) is 0.333. The molecule has 0 radical (unpaired) electrons. The van der Waals surface area contributed by atoms with Crippen LogP contribution in [0.1, 0.15) is 23.6 Å². The third-order valence-corrected chi connectivity index (χ3v) is 3.91. The summed E-state index contributed by atoms with van der Waals surface area (Å²) in [6.07, 6.45) is 1.01. The van der Waals surface area contributed by atoms with Gasteiger partial charge in [0.2, 0.25) is 0 Å². The average Bonchev–Trinajstić information content (AvgIpc) is 2.48. The minimum atomic E-state index is 0.475. The first-order chi connectivity index (χ1) is 10.1. The first kappa shape index (κ1) is 15.9. The van der Waals surface area contributed by atoms with Crippen LogP contribution in [0.2, 0.25) is 5.02 Å². The molecule has 112 valence electrons. The summed E-state index contributed by atoms with van der Waals surface area (Å²) < 4.78 is 5.80. The maximum absolute atomic E-state index is 6.21. The number of aryl methyl sites for hydroxylation is 1. The Morgan fingerprint density at radius 1 is 1.14 bits per heavy atom. The highest BCUT2D eigenvalue weighted by atomic mass is 35.5. The van der Waals surface area contributed by atoms with E-state index < -0.39 is 0 Å². The van der Waals surface area contributed by atoms with Gasteiger partial charge >= 0.3 is 0 Å². The molecule has 0 aliphatic carbocycles. The lowest BCUT2D eigenvalue weighted by atomic mass is 10.1. The van der Waals surface area contributed by atoms with Crippen LogP contribution < -0.4 is 10.1 Å². The van der Waals surface area contributed by atoms with Crippen molar-refractivity contribution < 1.29 is 4.74 Å². The third kappa shape index (κ3) is 4.76. The van der Waals surface area contributed by atoms with Crippen molar-refractivity contribution in [3.63, 3.8) is 0 Å². The lowest BCUT2D eigenvalue weighted by Gasteiger charge is -2.11. The molecule has 2 aromatic rings. The second-order valence-corrected chi connectivity index (χ2v) is 5.83. The molecule has 3 heteroatoms. The summed E-state index contributed by atoms with van der Waals surface area (Å²) >= 11 is 6.21. The minimum absolute atomic E-state index is 0.475. The van der Waals surface area contributed by atoms with Gasteiger partial charge in [-0.1, -0.05) is 35.9 Å². The Kier molecular flexibility index (Phi) is 5.66. The van der Waals surface area contributed by atoms with Crippen LogP contribution >= 0.6 is 11.6 Å². The predicted molar refractivity (Wildman–Crippen MR) is 89.2 cm³/mol. The molecule has 0 saturated heterocycles. The Bertz CT molecular complexity index is 580. The third-order valence-electron chi connectivity index (χ3n) is 3.56. The summed E-state index contributed by atoms with van der Waals surface area (Å²) in [4.78, 5) is 0. The maximum atomic E-state index is 6.21. The molecule has 2 nitrogen and oxygen atoms in total. The summed E-state index contributed by atoms with van der Waals surface area (Å²) in [6.45, 7) is 4.69. The molecule has 1 atom stereocenters. The van der Waals surface area contributed by atoms with Gasteiger partial charge in [-0.2, -0.15) is 0 Å². The fourth-order valence-corrected chi connectivity index (χ4v) is 2.40. The van der Waals surface area contributed by atoms with Crippen LogP contribution in [-0.4, -0.2) is 13.1 Å². The highest BCUT2D eigenvalue weighted by Gasteiger charge is 2.03. The normalized spacial score (nSPS) is 12.2. The van der Waals surface area contributed by atoms with Crippen LogP contribution in [0.3, 0.4) is 0 Å². The molecule has 2 rings (SSSR count). The molecule has 2 aromatic carbocycles. The number of halogens is 1. The van der Waals surface area contributed by atoms with Crippen LogP contribution in [0.4, 0.5) is 0 Å². The number of nitrogens with one attached hydrogen (secondary N) is 1. The molecule has 0 spiro atoms. The Morgan fingerprint density at radius 3 is 2.48 bits per heavy atom. The van der Waals surface area contributed by atoms with E-state index >= 15 is 0 Å². The standard InChI is InChI=1S/C18H22ClNO/c1-13-4-7-16(18(19)10-13)12-21-17-8-5-15(6-9-17)11-14(2)20-3/h4-10,14,20H,11-12H2,1-3H3. The Morgan fingerprint density at radius 2 is 1.86 bits per heavy atom. The van der Waals surface area contributed by atoms with E-state index in [2.05, 4.69) is 24.4 Å². The Balaban J connectivity index is 1.94. The molecule has 0 aliphatic rings. The van der Waals surface area contributed by atoms with Crippen molar-refractivity contribution >= 4 is 11.6 Å². The molecule has 0 heterocycles. The molecule has 0 aromatic heterocycles. The van der Waals surface area contributed by atoms with Crippen molar-refractivity contribution in [1.82, 2.24) is 5.32 Å². The first-order valence-corrected chi connectivity index (χ1v) is 7.60. The molecule has 0 saturated carbocycles. The largest absolute Gasteiger partial charge is 0.489 e. The van der Waals surface area contributed by atoms with Crippen LogP contribution in [0.5, 0.6) is 5.75 Å². The van der Waals surface area contributed by atoms with Gasteiger partial charge in [0.15, 0.2) is 0 Å². The molecule has 1 N–H and O–H groups in total. The minimum Gasteiger partial charge on any atom is -0.489 e. The van der Waals surface area contributed by atoms with Crippen molar-refractivity contribution in [2.24, 2.45) is 0 Å². The van der Waals surface area contributed by atoms with E-state index in [0.29, 0.717) is 12.6 Å². The van der Waals surface area contributed by atoms with Gasteiger partial charge in [0, 0.05) is 16.6 Å². The highest BCUT2D eigenvalue weighted by molar-refractivity contribution is 6.31. The van der Waals surface area contributed by atoms with Crippen LogP contribution in [-0.2, 0) is 13.0 Å². The van der Waals surface area contributed by atoms with Gasteiger partial charge in [-0.15, -0.1) is 0 Å². The second kappa shape index (κ2) is 7.48. The van der Waals surface area contributed by atoms with Gasteiger partial charge in [-0.05, 0) is 56.6 Å². The molecule has 0 amide bonds. The van der Waals surface area contributed by atoms with Crippen molar-refractivity contribution in [2.75, 3.05) is 7.05 Å². The Labute approximate surface area is 132 Å². The zero-order chi connectivity index (χ0) is 15.2. The second-order valence-electron chi connectivity index (χ2n) is 5.42. The monoisotopic (exact) mass is 303 g/mol. The van der Waals surface area contributed by atoms with Gasteiger partial charge < -0.3 is 10.1 Å². The van der Waals surface area contributed by atoms with Gasteiger partial charge in [-0.3, -0.25) is 0 Å². The van der Waals surface area contributed by atoms with Gasteiger partial charge in [-0.25, -0.2) is 0 Å². The van der Waals surface area contributed by atoms with E-state index in [0.717, 1.165) is 28.3 Å². The van der Waals surface area contributed by atoms with E-state index in [-0.39, 0.29) is 0 Å². The summed E-state index contributed by atoms with van der Waals surface area (Å²) in [5.74, 6) is 0.868. The van der Waals surface area contributed by atoms with E-state index in [9.17, 15) is 0 Å². The van der Waals surface area contributed by atoms with E-state index in [4.69, 9.17) is 16.3 Å². The van der Waals surface area contributed by atoms with Gasteiger partial charge in [0.05, 0.1) is 0 Å². The van der Waals surface area contributed by atoms with Gasteiger partial charge in [0.25, 0.3) is 0 Å². The van der Waals surface area contributed by atoms with Crippen molar-refractivity contribution in [2.45, 2.75) is 32.9 Å². The van der Waals surface area contributed by atoms with E-state index in [1.165, 1.54) is 5.56 Å². The molecule has 0 fully saturated rings.